The minimum absolute atomic E-state index is 0.0322. The van der Waals surface area contributed by atoms with Crippen LogP contribution in [0.2, 0.25) is 5.02 Å². The fraction of sp³-hybridized carbons (Fsp3) is 0.154. The van der Waals surface area contributed by atoms with Crippen LogP contribution in [0.1, 0.15) is 32.9 Å². The normalized spacial score (nSPS) is 11.3. The Morgan fingerprint density at radius 2 is 1.74 bits per heavy atom. The molecule has 0 spiro atoms. The highest BCUT2D eigenvalue weighted by molar-refractivity contribution is 7.92. The van der Waals surface area contributed by atoms with Gasteiger partial charge in [0.05, 0.1) is 10.7 Å². The highest BCUT2D eigenvalue weighted by Crippen LogP contribution is 2.27. The first-order chi connectivity index (χ1) is 16.6. The van der Waals surface area contributed by atoms with Crippen LogP contribution in [0.4, 0.5) is 5.69 Å². The fourth-order valence-corrected chi connectivity index (χ4v) is 5.25. The second-order valence-corrected chi connectivity index (χ2v) is 10.3. The quantitative estimate of drug-likeness (QED) is 0.359. The lowest BCUT2D eigenvalue weighted by Gasteiger charge is -2.13. The number of aryl methyl sites for hydroxylation is 3. The van der Waals surface area contributed by atoms with Crippen LogP contribution in [0.25, 0.3) is 5.69 Å². The zero-order valence-corrected chi connectivity index (χ0v) is 21.1. The molecule has 0 fully saturated rings. The van der Waals surface area contributed by atoms with E-state index in [1.807, 2.05) is 67.9 Å². The highest BCUT2D eigenvalue weighted by atomic mass is 35.5. The molecule has 4 rings (SSSR count). The summed E-state index contributed by atoms with van der Waals surface area (Å²) in [5.41, 5.74) is 4.23. The third kappa shape index (κ3) is 5.55. The van der Waals surface area contributed by atoms with Crippen molar-refractivity contribution in [1.82, 2.24) is 14.9 Å². The SMILES string of the molecule is Cc1ccc(C)c(NS(=O)(=O)c2cc(C(=O)NCc3ccc(-n4ccnc4C)cc3)ccc2Cl)c1. The number of nitrogens with zero attached hydrogens (tertiary/aromatic N) is 2. The summed E-state index contributed by atoms with van der Waals surface area (Å²) in [4.78, 5) is 16.8. The van der Waals surface area contributed by atoms with Crippen molar-refractivity contribution in [3.8, 4) is 5.69 Å². The standard InChI is InChI=1S/C26H25ClN4O3S/c1-17-4-5-18(2)24(14-17)30-35(33,34)25-15-21(8-11-23(25)27)26(32)29-16-20-6-9-22(10-7-20)31-13-12-28-19(31)3/h4-15,30H,16H2,1-3H3,(H,29,32). The van der Waals surface area contributed by atoms with Crippen LogP contribution in [0.5, 0.6) is 0 Å². The molecule has 3 aromatic carbocycles. The molecule has 2 N–H and O–H groups in total. The molecule has 0 aliphatic rings. The maximum Gasteiger partial charge on any atom is 0.263 e. The summed E-state index contributed by atoms with van der Waals surface area (Å²) >= 11 is 6.21. The summed E-state index contributed by atoms with van der Waals surface area (Å²) < 4.78 is 30.7. The Morgan fingerprint density at radius 3 is 2.43 bits per heavy atom. The van der Waals surface area contributed by atoms with Crippen molar-refractivity contribution in [2.45, 2.75) is 32.2 Å². The second kappa shape index (κ2) is 9.93. The third-order valence-corrected chi connectivity index (χ3v) is 7.46. The molecular formula is C26H25ClN4O3S. The van der Waals surface area contributed by atoms with Crippen LogP contribution in [0.15, 0.2) is 78.0 Å². The number of aromatic nitrogens is 2. The van der Waals surface area contributed by atoms with Crippen molar-refractivity contribution in [1.29, 1.82) is 0 Å². The molecule has 0 saturated heterocycles. The Morgan fingerprint density at radius 1 is 1.00 bits per heavy atom. The van der Waals surface area contributed by atoms with E-state index in [4.69, 9.17) is 11.6 Å². The number of carbonyl (C=O) groups is 1. The number of amides is 1. The molecule has 7 nitrogen and oxygen atoms in total. The van der Waals surface area contributed by atoms with E-state index in [1.165, 1.54) is 18.2 Å². The summed E-state index contributed by atoms with van der Waals surface area (Å²) in [6.07, 6.45) is 3.62. The number of hydrogen-bond acceptors (Lipinski definition) is 4. The van der Waals surface area contributed by atoms with Gasteiger partial charge in [-0.05, 0) is 73.9 Å². The average molecular weight is 509 g/mol. The third-order valence-electron chi connectivity index (χ3n) is 5.61. The lowest BCUT2D eigenvalue weighted by atomic mass is 10.1. The molecule has 0 atom stereocenters. The number of rotatable bonds is 7. The molecule has 9 heteroatoms. The minimum atomic E-state index is -4.01. The van der Waals surface area contributed by atoms with Gasteiger partial charge in [0.25, 0.3) is 15.9 Å². The first-order valence-electron chi connectivity index (χ1n) is 10.9. The average Bonchev–Trinajstić information content (AvgIpc) is 3.26. The van der Waals surface area contributed by atoms with Gasteiger partial charge < -0.3 is 9.88 Å². The van der Waals surface area contributed by atoms with Gasteiger partial charge in [-0.1, -0.05) is 35.9 Å². The number of hydrogen-bond donors (Lipinski definition) is 2. The monoisotopic (exact) mass is 508 g/mol. The van der Waals surface area contributed by atoms with Gasteiger partial charge in [0.1, 0.15) is 10.7 Å². The molecule has 1 heterocycles. The van der Waals surface area contributed by atoms with Crippen LogP contribution in [0.3, 0.4) is 0 Å². The Labute approximate surface area is 209 Å². The molecule has 0 aliphatic heterocycles. The zero-order chi connectivity index (χ0) is 25.2. The summed E-state index contributed by atoms with van der Waals surface area (Å²) in [6.45, 7) is 5.90. The molecule has 0 unspecified atom stereocenters. The van der Waals surface area contributed by atoms with E-state index in [9.17, 15) is 13.2 Å². The number of carbonyl (C=O) groups excluding carboxylic acids is 1. The van der Waals surface area contributed by atoms with Gasteiger partial charge in [0.15, 0.2) is 0 Å². The Hall–Kier alpha value is -3.62. The van der Waals surface area contributed by atoms with Gasteiger partial charge in [0.2, 0.25) is 0 Å². The Balaban J connectivity index is 1.48. The summed E-state index contributed by atoms with van der Waals surface area (Å²) in [7, 11) is -4.01. The van der Waals surface area contributed by atoms with Crippen molar-refractivity contribution in [3.05, 3.63) is 106 Å². The molecule has 0 bridgehead atoms. The van der Waals surface area contributed by atoms with Crippen molar-refractivity contribution in [2.24, 2.45) is 0 Å². The van der Waals surface area contributed by atoms with Crippen molar-refractivity contribution >= 4 is 33.2 Å². The molecule has 4 aromatic rings. The molecule has 180 valence electrons. The van der Waals surface area contributed by atoms with E-state index >= 15 is 0 Å². The fourth-order valence-electron chi connectivity index (χ4n) is 3.61. The van der Waals surface area contributed by atoms with Gasteiger partial charge in [-0.3, -0.25) is 9.52 Å². The van der Waals surface area contributed by atoms with Crippen LogP contribution in [-0.2, 0) is 16.6 Å². The van der Waals surface area contributed by atoms with Crippen LogP contribution < -0.4 is 10.0 Å². The van der Waals surface area contributed by atoms with E-state index in [0.717, 1.165) is 28.2 Å². The van der Waals surface area contributed by atoms with E-state index in [0.29, 0.717) is 5.69 Å². The molecule has 0 radical (unpaired) electrons. The minimum Gasteiger partial charge on any atom is -0.348 e. The zero-order valence-electron chi connectivity index (χ0n) is 19.5. The number of anilines is 1. The number of sulfonamides is 1. The van der Waals surface area contributed by atoms with Crippen molar-refractivity contribution in [3.63, 3.8) is 0 Å². The van der Waals surface area contributed by atoms with Gasteiger partial charge in [-0.15, -0.1) is 0 Å². The number of nitrogens with one attached hydrogen (secondary N) is 2. The van der Waals surface area contributed by atoms with Gasteiger partial charge in [0, 0.05) is 30.2 Å². The van der Waals surface area contributed by atoms with E-state index in [-0.39, 0.29) is 22.0 Å². The van der Waals surface area contributed by atoms with E-state index in [2.05, 4.69) is 15.0 Å². The van der Waals surface area contributed by atoms with Crippen LogP contribution in [-0.4, -0.2) is 23.9 Å². The van der Waals surface area contributed by atoms with Crippen molar-refractivity contribution < 1.29 is 13.2 Å². The highest BCUT2D eigenvalue weighted by Gasteiger charge is 2.21. The van der Waals surface area contributed by atoms with E-state index in [1.54, 1.807) is 12.3 Å². The van der Waals surface area contributed by atoms with E-state index < -0.39 is 15.9 Å². The van der Waals surface area contributed by atoms with Crippen molar-refractivity contribution in [2.75, 3.05) is 4.72 Å². The Kier molecular flexibility index (Phi) is 6.95. The van der Waals surface area contributed by atoms with Gasteiger partial charge >= 0.3 is 0 Å². The maximum atomic E-state index is 13.1. The second-order valence-electron chi connectivity index (χ2n) is 8.26. The number of benzene rings is 3. The predicted octanol–water partition coefficient (Wildman–Crippen LogP) is 5.18. The molecule has 0 saturated carbocycles. The molecule has 0 aliphatic carbocycles. The van der Waals surface area contributed by atoms with Crippen LogP contribution >= 0.6 is 11.6 Å². The van der Waals surface area contributed by atoms with Crippen LogP contribution in [0, 0.1) is 20.8 Å². The molecule has 35 heavy (non-hydrogen) atoms. The lowest BCUT2D eigenvalue weighted by Crippen LogP contribution is -2.23. The first kappa shape index (κ1) is 24.5. The number of halogens is 1. The molecular weight excluding hydrogens is 484 g/mol. The summed E-state index contributed by atoms with van der Waals surface area (Å²) in [6, 6.07) is 17.4. The van der Waals surface area contributed by atoms with Gasteiger partial charge in [-0.2, -0.15) is 0 Å². The molecule has 1 amide bonds. The van der Waals surface area contributed by atoms with Gasteiger partial charge in [-0.25, -0.2) is 13.4 Å². The Bertz CT molecular complexity index is 1500. The maximum absolute atomic E-state index is 13.1. The lowest BCUT2D eigenvalue weighted by molar-refractivity contribution is 0.0950. The molecule has 1 aromatic heterocycles. The topological polar surface area (TPSA) is 93.1 Å². The first-order valence-corrected chi connectivity index (χ1v) is 12.8. The summed E-state index contributed by atoms with van der Waals surface area (Å²) in [5.74, 6) is 0.478. The largest absolute Gasteiger partial charge is 0.348 e. The summed E-state index contributed by atoms with van der Waals surface area (Å²) in [5, 5.41) is 2.86. The number of imidazole rings is 1. The predicted molar refractivity (Wildman–Crippen MR) is 138 cm³/mol. The smallest absolute Gasteiger partial charge is 0.263 e.